The number of hydrogen-bond acceptors (Lipinski definition) is 2. The fourth-order valence-corrected chi connectivity index (χ4v) is 3.41. The van der Waals surface area contributed by atoms with Crippen molar-refractivity contribution in [3.8, 4) is 11.8 Å². The van der Waals surface area contributed by atoms with Crippen LogP contribution in [0.2, 0.25) is 5.02 Å². The lowest BCUT2D eigenvalue weighted by atomic mass is 10.1. The van der Waals surface area contributed by atoms with Gasteiger partial charge in [0, 0.05) is 28.6 Å². The molecule has 1 heterocycles. The third kappa shape index (κ3) is 4.96. The predicted octanol–water partition coefficient (Wildman–Crippen LogP) is 5.01. The van der Waals surface area contributed by atoms with E-state index in [4.69, 9.17) is 11.6 Å². The highest BCUT2D eigenvalue weighted by Gasteiger charge is 2.13. The second-order valence-electron chi connectivity index (χ2n) is 6.80. The minimum absolute atomic E-state index is 0.0921. The van der Waals surface area contributed by atoms with Gasteiger partial charge in [-0.05, 0) is 67.8 Å². The molecule has 5 heteroatoms. The van der Waals surface area contributed by atoms with Crippen molar-refractivity contribution in [2.45, 2.75) is 20.3 Å². The summed E-state index contributed by atoms with van der Waals surface area (Å²) in [5.41, 5.74) is 5.02. The molecule has 3 aromatic rings. The van der Waals surface area contributed by atoms with Crippen LogP contribution in [0, 0.1) is 25.2 Å². The number of nitrogens with zero attached hydrogens (tertiary/aromatic N) is 2. The molecule has 3 rings (SSSR count). The largest absolute Gasteiger partial charge is 0.351 e. The average Bonchev–Trinajstić information content (AvgIpc) is 3.00. The van der Waals surface area contributed by atoms with Crippen LogP contribution in [0.3, 0.4) is 0 Å². The highest BCUT2D eigenvalue weighted by molar-refractivity contribution is 6.30. The van der Waals surface area contributed by atoms with Crippen LogP contribution in [0.25, 0.3) is 11.8 Å². The maximum atomic E-state index is 12.5. The van der Waals surface area contributed by atoms with Crippen molar-refractivity contribution >= 4 is 23.6 Å². The molecule has 1 amide bonds. The molecule has 0 radical (unpaired) electrons. The summed E-state index contributed by atoms with van der Waals surface area (Å²) >= 11 is 5.99. The fraction of sp³-hybridized carbons (Fsp3) is 0.167. The van der Waals surface area contributed by atoms with E-state index in [0.717, 1.165) is 34.6 Å². The summed E-state index contributed by atoms with van der Waals surface area (Å²) in [4.78, 5) is 12.5. The molecule has 4 nitrogen and oxygen atoms in total. The minimum Gasteiger partial charge on any atom is -0.351 e. The Hall–Kier alpha value is -3.29. The van der Waals surface area contributed by atoms with Crippen molar-refractivity contribution in [3.05, 3.63) is 93.8 Å². The van der Waals surface area contributed by atoms with Crippen molar-refractivity contribution in [1.82, 2.24) is 9.88 Å². The number of amides is 1. The summed E-state index contributed by atoms with van der Waals surface area (Å²) in [7, 11) is 0. The van der Waals surface area contributed by atoms with Gasteiger partial charge in [0.15, 0.2) is 0 Å². The summed E-state index contributed by atoms with van der Waals surface area (Å²) in [5, 5.41) is 13.0. The smallest absolute Gasteiger partial charge is 0.261 e. The van der Waals surface area contributed by atoms with Gasteiger partial charge in [-0.25, -0.2) is 0 Å². The molecule has 2 aromatic carbocycles. The zero-order valence-electron chi connectivity index (χ0n) is 16.4. The molecule has 29 heavy (non-hydrogen) atoms. The molecule has 146 valence electrons. The number of rotatable bonds is 6. The van der Waals surface area contributed by atoms with Gasteiger partial charge in [-0.2, -0.15) is 5.26 Å². The minimum atomic E-state index is -0.361. The van der Waals surface area contributed by atoms with Crippen molar-refractivity contribution in [2.75, 3.05) is 6.54 Å². The molecule has 0 aliphatic rings. The number of nitrogens with one attached hydrogen (secondary N) is 1. The van der Waals surface area contributed by atoms with Gasteiger partial charge >= 0.3 is 0 Å². The van der Waals surface area contributed by atoms with Gasteiger partial charge < -0.3 is 9.88 Å². The monoisotopic (exact) mass is 403 g/mol. The molecular weight excluding hydrogens is 382 g/mol. The van der Waals surface area contributed by atoms with E-state index in [1.807, 2.05) is 80.6 Å². The van der Waals surface area contributed by atoms with E-state index in [2.05, 4.69) is 9.88 Å². The van der Waals surface area contributed by atoms with Crippen LogP contribution in [0.4, 0.5) is 0 Å². The molecule has 0 saturated carbocycles. The van der Waals surface area contributed by atoms with E-state index in [1.165, 1.54) is 0 Å². The summed E-state index contributed by atoms with van der Waals surface area (Å²) in [5.74, 6) is -0.361. The third-order valence-corrected chi connectivity index (χ3v) is 5.01. The van der Waals surface area contributed by atoms with E-state index in [0.29, 0.717) is 11.6 Å². The molecule has 0 aliphatic heterocycles. The maximum Gasteiger partial charge on any atom is 0.261 e. The number of aromatic nitrogens is 1. The molecular formula is C24H22ClN3O. The quantitative estimate of drug-likeness (QED) is 0.464. The number of carbonyl (C=O) groups is 1. The summed E-state index contributed by atoms with van der Waals surface area (Å²) in [6, 6.07) is 21.5. The third-order valence-electron chi connectivity index (χ3n) is 4.76. The van der Waals surface area contributed by atoms with Crippen LogP contribution in [0.1, 0.15) is 22.5 Å². The van der Waals surface area contributed by atoms with Gasteiger partial charge in [0.2, 0.25) is 0 Å². The molecule has 1 N–H and O–H groups in total. The lowest BCUT2D eigenvalue weighted by Crippen LogP contribution is -2.26. The van der Waals surface area contributed by atoms with Gasteiger partial charge in [0.05, 0.1) is 0 Å². The summed E-state index contributed by atoms with van der Waals surface area (Å²) in [6.45, 7) is 4.44. The van der Waals surface area contributed by atoms with Crippen LogP contribution in [-0.2, 0) is 11.2 Å². The molecule has 0 fully saturated rings. The number of nitriles is 1. The van der Waals surface area contributed by atoms with Crippen LogP contribution < -0.4 is 5.32 Å². The van der Waals surface area contributed by atoms with Crippen molar-refractivity contribution in [2.24, 2.45) is 0 Å². The molecule has 0 aliphatic carbocycles. The van der Waals surface area contributed by atoms with Gasteiger partial charge in [-0.15, -0.1) is 0 Å². The molecule has 0 atom stereocenters. The molecule has 0 unspecified atom stereocenters. The highest BCUT2D eigenvalue weighted by Crippen LogP contribution is 2.24. The Balaban J connectivity index is 1.76. The second-order valence-corrected chi connectivity index (χ2v) is 7.24. The number of carbonyl (C=O) groups excluding carboxylic acids is 1. The van der Waals surface area contributed by atoms with E-state index in [1.54, 1.807) is 6.08 Å². The van der Waals surface area contributed by atoms with Gasteiger partial charge in [-0.3, -0.25) is 4.79 Å². The van der Waals surface area contributed by atoms with E-state index < -0.39 is 0 Å². The van der Waals surface area contributed by atoms with E-state index in [-0.39, 0.29) is 11.5 Å². The lowest BCUT2D eigenvalue weighted by molar-refractivity contribution is -0.117. The predicted molar refractivity (Wildman–Crippen MR) is 117 cm³/mol. The van der Waals surface area contributed by atoms with Crippen molar-refractivity contribution in [1.29, 1.82) is 5.26 Å². The SMILES string of the molecule is Cc1cc(/C=C(\C#N)C(=O)NCCc2ccccc2)c(C)n1-c1ccc(Cl)cc1. The number of halogens is 1. The van der Waals surface area contributed by atoms with Crippen molar-refractivity contribution in [3.63, 3.8) is 0 Å². The first-order chi connectivity index (χ1) is 14.0. The maximum absolute atomic E-state index is 12.5. The topological polar surface area (TPSA) is 57.8 Å². The molecule has 1 aromatic heterocycles. The second kappa shape index (κ2) is 9.27. The normalized spacial score (nSPS) is 11.2. The average molecular weight is 404 g/mol. The van der Waals surface area contributed by atoms with Crippen LogP contribution in [0.15, 0.2) is 66.2 Å². The number of benzene rings is 2. The standard InChI is InChI=1S/C24H22ClN3O/c1-17-14-20(18(2)28(17)23-10-8-22(25)9-11-23)15-21(16-26)24(29)27-13-12-19-6-4-3-5-7-19/h3-11,14-15H,12-13H2,1-2H3,(H,27,29)/b21-15+. The van der Waals surface area contributed by atoms with E-state index in [9.17, 15) is 10.1 Å². The molecule has 0 bridgehead atoms. The first-order valence-corrected chi connectivity index (χ1v) is 9.76. The highest BCUT2D eigenvalue weighted by atomic mass is 35.5. The first kappa shape index (κ1) is 20.4. The summed E-state index contributed by atoms with van der Waals surface area (Å²) in [6.07, 6.45) is 2.36. The van der Waals surface area contributed by atoms with E-state index >= 15 is 0 Å². The Morgan fingerprint density at radius 2 is 1.83 bits per heavy atom. The Kier molecular flexibility index (Phi) is 6.54. The number of aryl methyl sites for hydroxylation is 1. The number of hydrogen-bond donors (Lipinski definition) is 1. The Bertz CT molecular complexity index is 1070. The van der Waals surface area contributed by atoms with Crippen LogP contribution in [0.5, 0.6) is 0 Å². The molecule has 0 saturated heterocycles. The van der Waals surface area contributed by atoms with Crippen LogP contribution in [-0.4, -0.2) is 17.0 Å². The van der Waals surface area contributed by atoms with Gasteiger partial charge in [-0.1, -0.05) is 41.9 Å². The van der Waals surface area contributed by atoms with Crippen LogP contribution >= 0.6 is 11.6 Å². The van der Waals surface area contributed by atoms with Gasteiger partial charge in [0.1, 0.15) is 11.6 Å². The lowest BCUT2D eigenvalue weighted by Gasteiger charge is -2.09. The zero-order valence-corrected chi connectivity index (χ0v) is 17.2. The fourth-order valence-electron chi connectivity index (χ4n) is 3.29. The zero-order chi connectivity index (χ0) is 20.8. The Morgan fingerprint density at radius 3 is 2.48 bits per heavy atom. The molecule has 0 spiro atoms. The first-order valence-electron chi connectivity index (χ1n) is 9.38. The van der Waals surface area contributed by atoms with Gasteiger partial charge in [0.25, 0.3) is 5.91 Å². The van der Waals surface area contributed by atoms with Crippen molar-refractivity contribution < 1.29 is 4.79 Å². The summed E-state index contributed by atoms with van der Waals surface area (Å²) < 4.78 is 2.07. The Morgan fingerprint density at radius 1 is 1.14 bits per heavy atom. The Labute approximate surface area is 176 Å².